The molecule has 84 valence electrons. The van der Waals surface area contributed by atoms with Crippen LogP contribution in [-0.2, 0) is 0 Å². The van der Waals surface area contributed by atoms with Crippen molar-refractivity contribution in [1.29, 1.82) is 0 Å². The number of furan rings is 1. The van der Waals surface area contributed by atoms with Crippen molar-refractivity contribution >= 4 is 22.6 Å². The van der Waals surface area contributed by atoms with E-state index in [1.165, 1.54) is 0 Å². The second-order valence-electron chi connectivity index (χ2n) is 3.65. The molecule has 0 amide bonds. The highest BCUT2D eigenvalue weighted by atomic mass is 35.5. The average molecular weight is 245 g/mol. The van der Waals surface area contributed by atoms with Crippen LogP contribution in [0.3, 0.4) is 0 Å². The van der Waals surface area contributed by atoms with Crippen LogP contribution in [0.1, 0.15) is 0 Å². The van der Waals surface area contributed by atoms with E-state index in [2.05, 4.69) is 0 Å². The van der Waals surface area contributed by atoms with Crippen molar-refractivity contribution in [2.24, 2.45) is 0 Å². The lowest BCUT2D eigenvalue weighted by Crippen LogP contribution is -1.84. The number of rotatable bonds is 2. The Morgan fingerprint density at radius 3 is 2.76 bits per heavy atom. The largest absolute Gasteiger partial charge is 0.460 e. The summed E-state index contributed by atoms with van der Waals surface area (Å²) in [5.41, 5.74) is 0.743. The molecule has 2 nitrogen and oxygen atoms in total. The van der Waals surface area contributed by atoms with Crippen LogP contribution in [-0.4, -0.2) is 0 Å². The lowest BCUT2D eigenvalue weighted by Gasteiger charge is -2.06. The Bertz CT molecular complexity index is 658. The quantitative estimate of drug-likeness (QED) is 0.641. The van der Waals surface area contributed by atoms with Gasteiger partial charge in [-0.25, -0.2) is 0 Å². The molecule has 0 saturated heterocycles. The summed E-state index contributed by atoms with van der Waals surface area (Å²) in [5.74, 6) is 1.39. The van der Waals surface area contributed by atoms with Gasteiger partial charge >= 0.3 is 0 Å². The molecule has 3 heteroatoms. The molecule has 3 aromatic rings. The van der Waals surface area contributed by atoms with E-state index in [-0.39, 0.29) is 0 Å². The molecule has 0 aliphatic rings. The number of benzene rings is 2. The highest BCUT2D eigenvalue weighted by molar-refractivity contribution is 6.30. The summed E-state index contributed by atoms with van der Waals surface area (Å²) in [5, 5.41) is 1.67. The molecule has 2 aromatic carbocycles. The first-order valence-corrected chi connectivity index (χ1v) is 5.60. The molecular weight excluding hydrogens is 236 g/mol. The van der Waals surface area contributed by atoms with Gasteiger partial charge in [0.2, 0.25) is 0 Å². The maximum atomic E-state index is 5.90. The first kappa shape index (κ1) is 10.2. The van der Waals surface area contributed by atoms with E-state index in [4.69, 9.17) is 20.8 Å². The second-order valence-corrected chi connectivity index (χ2v) is 4.09. The zero-order valence-electron chi connectivity index (χ0n) is 8.89. The molecule has 17 heavy (non-hydrogen) atoms. The standard InChI is InChI=1S/C14H9ClO2/c15-11-4-2-5-12(9-11)17-13-6-1-3-10-7-8-16-14(10)13/h1-9H. The van der Waals surface area contributed by atoms with Crippen LogP contribution in [0.15, 0.2) is 59.2 Å². The molecule has 0 bridgehead atoms. The van der Waals surface area contributed by atoms with Crippen molar-refractivity contribution in [3.8, 4) is 11.5 Å². The molecule has 0 aliphatic heterocycles. The Labute approximate surface area is 103 Å². The van der Waals surface area contributed by atoms with E-state index in [0.29, 0.717) is 16.5 Å². The third-order valence-corrected chi connectivity index (χ3v) is 2.70. The van der Waals surface area contributed by atoms with E-state index >= 15 is 0 Å². The van der Waals surface area contributed by atoms with Gasteiger partial charge in [-0.1, -0.05) is 29.8 Å². The lowest BCUT2D eigenvalue weighted by molar-refractivity contribution is 0.473. The molecule has 0 radical (unpaired) electrons. The van der Waals surface area contributed by atoms with Gasteiger partial charge in [0.05, 0.1) is 6.26 Å². The van der Waals surface area contributed by atoms with Crippen molar-refractivity contribution in [3.63, 3.8) is 0 Å². The van der Waals surface area contributed by atoms with E-state index < -0.39 is 0 Å². The van der Waals surface area contributed by atoms with Gasteiger partial charge < -0.3 is 9.15 Å². The monoisotopic (exact) mass is 244 g/mol. The molecule has 3 rings (SSSR count). The Kier molecular flexibility index (Phi) is 2.50. The first-order valence-electron chi connectivity index (χ1n) is 5.22. The van der Waals surface area contributed by atoms with Crippen molar-refractivity contribution in [1.82, 2.24) is 0 Å². The van der Waals surface area contributed by atoms with Crippen molar-refractivity contribution < 1.29 is 9.15 Å². The maximum absolute atomic E-state index is 5.90. The molecular formula is C14H9ClO2. The van der Waals surface area contributed by atoms with Gasteiger partial charge in [-0.05, 0) is 30.3 Å². The molecule has 0 saturated carbocycles. The van der Waals surface area contributed by atoms with Crippen LogP contribution in [0.2, 0.25) is 5.02 Å². The highest BCUT2D eigenvalue weighted by Crippen LogP contribution is 2.31. The minimum atomic E-state index is 0.647. The Morgan fingerprint density at radius 2 is 1.88 bits per heavy atom. The molecule has 0 N–H and O–H groups in total. The zero-order chi connectivity index (χ0) is 11.7. The smallest absolute Gasteiger partial charge is 0.176 e. The number of para-hydroxylation sites is 1. The van der Waals surface area contributed by atoms with Gasteiger partial charge in [0.25, 0.3) is 0 Å². The molecule has 0 spiro atoms. The lowest BCUT2D eigenvalue weighted by atomic mass is 10.2. The molecule has 1 aromatic heterocycles. The third-order valence-electron chi connectivity index (χ3n) is 2.47. The fraction of sp³-hybridized carbons (Fsp3) is 0. The fourth-order valence-corrected chi connectivity index (χ4v) is 1.88. The minimum absolute atomic E-state index is 0.647. The van der Waals surface area contributed by atoms with Crippen molar-refractivity contribution in [3.05, 3.63) is 59.8 Å². The number of hydrogen-bond donors (Lipinski definition) is 0. The van der Waals surface area contributed by atoms with Crippen LogP contribution in [0.25, 0.3) is 11.0 Å². The predicted molar refractivity (Wildman–Crippen MR) is 67.7 cm³/mol. The van der Waals surface area contributed by atoms with Gasteiger partial charge in [-0.15, -0.1) is 0 Å². The summed E-state index contributed by atoms with van der Waals surface area (Å²) < 4.78 is 11.1. The number of hydrogen-bond acceptors (Lipinski definition) is 2. The first-order chi connectivity index (χ1) is 8.33. The Balaban J connectivity index is 2.02. The van der Waals surface area contributed by atoms with Gasteiger partial charge in [-0.3, -0.25) is 0 Å². The summed E-state index contributed by atoms with van der Waals surface area (Å²) >= 11 is 5.90. The summed E-state index contributed by atoms with van der Waals surface area (Å²) in [6.07, 6.45) is 1.65. The number of fused-ring (bicyclic) bond motifs is 1. The third kappa shape index (κ3) is 1.99. The second kappa shape index (κ2) is 4.15. The molecule has 0 aliphatic carbocycles. The van der Waals surface area contributed by atoms with E-state index in [1.54, 1.807) is 12.3 Å². The van der Waals surface area contributed by atoms with Crippen molar-refractivity contribution in [2.75, 3.05) is 0 Å². The summed E-state index contributed by atoms with van der Waals surface area (Å²) in [6, 6.07) is 15.0. The zero-order valence-corrected chi connectivity index (χ0v) is 9.65. The maximum Gasteiger partial charge on any atom is 0.176 e. The average Bonchev–Trinajstić information content (AvgIpc) is 2.78. The molecule has 0 atom stereocenters. The van der Waals surface area contributed by atoms with Crippen LogP contribution < -0.4 is 4.74 Å². The van der Waals surface area contributed by atoms with Gasteiger partial charge in [-0.2, -0.15) is 0 Å². The Hall–Kier alpha value is -1.93. The van der Waals surface area contributed by atoms with Gasteiger partial charge in [0.1, 0.15) is 5.75 Å². The van der Waals surface area contributed by atoms with Crippen LogP contribution in [0.4, 0.5) is 0 Å². The molecule has 0 unspecified atom stereocenters. The van der Waals surface area contributed by atoms with Crippen LogP contribution in [0, 0.1) is 0 Å². The topological polar surface area (TPSA) is 22.4 Å². The summed E-state index contributed by atoms with van der Waals surface area (Å²) in [4.78, 5) is 0. The van der Waals surface area contributed by atoms with E-state index in [0.717, 1.165) is 11.0 Å². The van der Waals surface area contributed by atoms with Crippen LogP contribution in [0.5, 0.6) is 11.5 Å². The predicted octanol–water partition coefficient (Wildman–Crippen LogP) is 4.88. The SMILES string of the molecule is Clc1cccc(Oc2cccc3ccoc23)c1. The number of ether oxygens (including phenoxy) is 1. The highest BCUT2D eigenvalue weighted by Gasteiger charge is 2.06. The number of halogens is 1. The summed E-state index contributed by atoms with van der Waals surface area (Å²) in [7, 11) is 0. The summed E-state index contributed by atoms with van der Waals surface area (Å²) in [6.45, 7) is 0. The van der Waals surface area contributed by atoms with Crippen LogP contribution >= 0.6 is 11.6 Å². The van der Waals surface area contributed by atoms with Crippen molar-refractivity contribution in [2.45, 2.75) is 0 Å². The van der Waals surface area contributed by atoms with Gasteiger partial charge in [0.15, 0.2) is 11.3 Å². The van der Waals surface area contributed by atoms with E-state index in [1.807, 2.05) is 42.5 Å². The molecule has 1 heterocycles. The van der Waals surface area contributed by atoms with Gasteiger partial charge in [0, 0.05) is 10.4 Å². The normalized spacial score (nSPS) is 10.6. The molecule has 0 fully saturated rings. The minimum Gasteiger partial charge on any atom is -0.460 e. The van der Waals surface area contributed by atoms with E-state index in [9.17, 15) is 0 Å². The Morgan fingerprint density at radius 1 is 1.00 bits per heavy atom. The fourth-order valence-electron chi connectivity index (χ4n) is 1.70.